The molecule has 0 bridgehead atoms. The summed E-state index contributed by atoms with van der Waals surface area (Å²) in [5, 5.41) is 9.54. The maximum Gasteiger partial charge on any atom is 0.254 e. The van der Waals surface area contributed by atoms with Crippen molar-refractivity contribution >= 4 is 33.4 Å². The fraction of sp³-hybridized carbons (Fsp3) is 0.375. The third-order valence-electron chi connectivity index (χ3n) is 6.26. The molecular weight excluding hydrogens is 476 g/mol. The molecule has 2 saturated heterocycles. The molecule has 34 heavy (non-hydrogen) atoms. The average Bonchev–Trinajstić information content (AvgIpc) is 3.28. The Morgan fingerprint density at radius 1 is 1.18 bits per heavy atom. The molecule has 0 saturated carbocycles. The first kappa shape index (κ1) is 24.2. The lowest BCUT2D eigenvalue weighted by atomic mass is 10.1. The molecule has 178 valence electrons. The summed E-state index contributed by atoms with van der Waals surface area (Å²) in [5.74, 6) is -0.833. The van der Waals surface area contributed by atoms with E-state index in [4.69, 9.17) is 16.9 Å². The number of hydrogen-bond acceptors (Lipinski definition) is 5. The van der Waals surface area contributed by atoms with E-state index in [2.05, 4.69) is 6.07 Å². The van der Waals surface area contributed by atoms with Crippen molar-refractivity contribution in [2.24, 2.45) is 5.92 Å². The molecule has 0 unspecified atom stereocenters. The zero-order chi connectivity index (χ0) is 24.5. The van der Waals surface area contributed by atoms with Gasteiger partial charge in [0.25, 0.3) is 5.91 Å². The number of nitriles is 1. The van der Waals surface area contributed by atoms with Crippen LogP contribution in [0.15, 0.2) is 53.4 Å². The van der Waals surface area contributed by atoms with Crippen molar-refractivity contribution in [3.63, 3.8) is 0 Å². The maximum atomic E-state index is 13.3. The van der Waals surface area contributed by atoms with Crippen LogP contribution < -0.4 is 0 Å². The summed E-state index contributed by atoms with van der Waals surface area (Å²) in [6.45, 7) is 1.12. The Balaban J connectivity index is 1.48. The minimum Gasteiger partial charge on any atom is -0.340 e. The molecule has 1 atom stereocenters. The van der Waals surface area contributed by atoms with E-state index in [1.165, 1.54) is 27.4 Å². The van der Waals surface area contributed by atoms with Crippen LogP contribution in [-0.2, 0) is 21.4 Å². The Morgan fingerprint density at radius 2 is 1.88 bits per heavy atom. The summed E-state index contributed by atoms with van der Waals surface area (Å²) in [6, 6.07) is 14.6. The second-order valence-corrected chi connectivity index (χ2v) is 11.0. The van der Waals surface area contributed by atoms with Crippen molar-refractivity contribution in [1.29, 1.82) is 5.26 Å². The topological polar surface area (TPSA) is 102 Å². The number of amides is 2. The predicted octanol–water partition coefficient (Wildman–Crippen LogP) is 2.75. The standard InChI is InChI=1S/C24H25ClN4O4S/c1-27(14-17-7-9-20(25)10-8-17)24(31)22-6-3-11-29(22)23(30)19-4-2-5-21(12-19)34(32,33)28-15-18(13-26)16-28/h2,4-5,7-10,12,18,22H,3,6,11,14-16H2,1H3/t22-/m0/s1. The Kier molecular flexibility index (Phi) is 6.94. The molecule has 2 heterocycles. The maximum absolute atomic E-state index is 13.3. The number of carbonyl (C=O) groups is 2. The summed E-state index contributed by atoms with van der Waals surface area (Å²) in [5.41, 5.74) is 1.15. The SMILES string of the molecule is CN(Cc1ccc(Cl)cc1)C(=O)[C@@H]1CCCN1C(=O)c1cccc(S(=O)(=O)N2CC(C#N)C2)c1. The fourth-order valence-corrected chi connectivity index (χ4v) is 5.99. The average molecular weight is 501 g/mol. The van der Waals surface area contributed by atoms with Gasteiger partial charge >= 0.3 is 0 Å². The monoisotopic (exact) mass is 500 g/mol. The van der Waals surface area contributed by atoms with E-state index in [1.54, 1.807) is 30.1 Å². The lowest BCUT2D eigenvalue weighted by Crippen LogP contribution is -2.49. The van der Waals surface area contributed by atoms with Gasteiger partial charge in [-0.05, 0) is 48.7 Å². The van der Waals surface area contributed by atoms with Gasteiger partial charge in [0.2, 0.25) is 15.9 Å². The van der Waals surface area contributed by atoms with Gasteiger partial charge in [-0.2, -0.15) is 9.57 Å². The van der Waals surface area contributed by atoms with Gasteiger partial charge in [-0.1, -0.05) is 29.8 Å². The molecule has 2 amide bonds. The molecule has 10 heteroatoms. The number of halogens is 1. The number of likely N-dealkylation sites (tertiary alicyclic amines) is 1. The minimum atomic E-state index is -3.78. The summed E-state index contributed by atoms with van der Waals surface area (Å²) in [4.78, 5) is 29.6. The minimum absolute atomic E-state index is 0.0108. The van der Waals surface area contributed by atoms with Crippen LogP contribution in [0.4, 0.5) is 0 Å². The molecule has 2 aliphatic rings. The smallest absolute Gasteiger partial charge is 0.254 e. The van der Waals surface area contributed by atoms with E-state index >= 15 is 0 Å². The molecule has 2 aromatic carbocycles. The van der Waals surface area contributed by atoms with Gasteiger partial charge in [-0.25, -0.2) is 8.42 Å². The van der Waals surface area contributed by atoms with Crippen molar-refractivity contribution in [1.82, 2.24) is 14.1 Å². The van der Waals surface area contributed by atoms with E-state index in [9.17, 15) is 18.0 Å². The van der Waals surface area contributed by atoms with Crippen molar-refractivity contribution in [2.45, 2.75) is 30.3 Å². The highest BCUT2D eigenvalue weighted by Gasteiger charge is 2.38. The van der Waals surface area contributed by atoms with E-state index in [-0.39, 0.29) is 41.3 Å². The third-order valence-corrected chi connectivity index (χ3v) is 8.34. The summed E-state index contributed by atoms with van der Waals surface area (Å²) < 4.78 is 26.9. The molecule has 0 radical (unpaired) electrons. The van der Waals surface area contributed by atoms with Gasteiger partial charge in [0.1, 0.15) is 6.04 Å². The van der Waals surface area contributed by atoms with Crippen LogP contribution in [0, 0.1) is 17.2 Å². The van der Waals surface area contributed by atoms with Gasteiger partial charge in [-0.3, -0.25) is 9.59 Å². The van der Waals surface area contributed by atoms with Crippen LogP contribution in [0.25, 0.3) is 0 Å². The first-order chi connectivity index (χ1) is 16.2. The molecule has 8 nitrogen and oxygen atoms in total. The second kappa shape index (κ2) is 9.74. The van der Waals surface area contributed by atoms with Crippen LogP contribution >= 0.6 is 11.6 Å². The van der Waals surface area contributed by atoms with Gasteiger partial charge in [0.05, 0.1) is 16.9 Å². The van der Waals surface area contributed by atoms with Crippen molar-refractivity contribution in [3.8, 4) is 6.07 Å². The molecule has 2 fully saturated rings. The fourth-order valence-electron chi connectivity index (χ4n) is 4.28. The van der Waals surface area contributed by atoms with E-state index in [1.807, 2.05) is 12.1 Å². The Labute approximate surface area is 204 Å². The first-order valence-electron chi connectivity index (χ1n) is 11.0. The number of benzene rings is 2. The Bertz CT molecular complexity index is 1240. The highest BCUT2D eigenvalue weighted by Crippen LogP contribution is 2.27. The lowest BCUT2D eigenvalue weighted by molar-refractivity contribution is -0.134. The van der Waals surface area contributed by atoms with E-state index in [0.717, 1.165) is 5.56 Å². The van der Waals surface area contributed by atoms with Crippen LogP contribution in [0.5, 0.6) is 0 Å². The summed E-state index contributed by atoms with van der Waals surface area (Å²) in [6.07, 6.45) is 1.25. The zero-order valence-corrected chi connectivity index (χ0v) is 20.3. The Hall–Kier alpha value is -2.93. The number of rotatable bonds is 6. The lowest BCUT2D eigenvalue weighted by Gasteiger charge is -2.34. The summed E-state index contributed by atoms with van der Waals surface area (Å²) in [7, 11) is -2.08. The first-order valence-corrected chi connectivity index (χ1v) is 12.8. The molecule has 0 aromatic heterocycles. The molecular formula is C24H25ClN4O4S. The van der Waals surface area contributed by atoms with E-state index < -0.39 is 16.1 Å². The van der Waals surface area contributed by atoms with E-state index in [0.29, 0.717) is 31.0 Å². The molecule has 2 aliphatic heterocycles. The van der Waals surface area contributed by atoms with Crippen LogP contribution in [0.3, 0.4) is 0 Å². The molecule has 2 aromatic rings. The number of nitrogens with zero attached hydrogens (tertiary/aromatic N) is 4. The third kappa shape index (κ3) is 4.80. The predicted molar refractivity (Wildman–Crippen MR) is 126 cm³/mol. The van der Waals surface area contributed by atoms with Gasteiger partial charge < -0.3 is 9.80 Å². The molecule has 0 spiro atoms. The van der Waals surface area contributed by atoms with Gasteiger partial charge in [-0.15, -0.1) is 0 Å². The van der Waals surface area contributed by atoms with Gasteiger partial charge in [0, 0.05) is 43.8 Å². The normalized spacial score (nSPS) is 18.9. The molecule has 4 rings (SSSR count). The van der Waals surface area contributed by atoms with Crippen molar-refractivity contribution in [3.05, 3.63) is 64.7 Å². The van der Waals surface area contributed by atoms with Crippen LogP contribution in [0.1, 0.15) is 28.8 Å². The largest absolute Gasteiger partial charge is 0.340 e. The highest BCUT2D eigenvalue weighted by atomic mass is 35.5. The number of sulfonamides is 1. The molecule has 0 aliphatic carbocycles. The van der Waals surface area contributed by atoms with Gasteiger partial charge in [0.15, 0.2) is 0 Å². The summed E-state index contributed by atoms with van der Waals surface area (Å²) >= 11 is 5.93. The van der Waals surface area contributed by atoms with Crippen LogP contribution in [-0.4, -0.2) is 67.1 Å². The Morgan fingerprint density at radius 3 is 2.56 bits per heavy atom. The quantitative estimate of drug-likeness (QED) is 0.607. The van der Waals surface area contributed by atoms with Crippen LogP contribution in [0.2, 0.25) is 5.02 Å². The highest BCUT2D eigenvalue weighted by molar-refractivity contribution is 7.89. The number of carbonyl (C=O) groups excluding carboxylic acids is 2. The second-order valence-electron chi connectivity index (χ2n) is 8.65. The zero-order valence-electron chi connectivity index (χ0n) is 18.7. The number of likely N-dealkylation sites (N-methyl/N-ethyl adjacent to an activating group) is 1. The van der Waals surface area contributed by atoms with Crippen molar-refractivity contribution < 1.29 is 18.0 Å². The number of hydrogen-bond donors (Lipinski definition) is 0. The van der Waals surface area contributed by atoms with Crippen molar-refractivity contribution in [2.75, 3.05) is 26.7 Å². The molecule has 0 N–H and O–H groups in total.